The molecule has 0 aliphatic heterocycles. The van der Waals surface area contributed by atoms with Gasteiger partial charge in [-0.25, -0.2) is 4.98 Å². The molecule has 2 aromatic rings. The SMILES string of the molecule is Cc1ccc(CC(C)NC(=O)c2ccc(C#N)cn2)s1. The zero-order valence-electron chi connectivity index (χ0n) is 11.4. The van der Waals surface area contributed by atoms with Crippen molar-refractivity contribution in [3.63, 3.8) is 0 Å². The van der Waals surface area contributed by atoms with Crippen LogP contribution in [0.3, 0.4) is 0 Å². The second-order valence-corrected chi connectivity index (χ2v) is 6.01. The largest absolute Gasteiger partial charge is 0.348 e. The molecule has 0 aliphatic rings. The normalized spacial score (nSPS) is 11.7. The van der Waals surface area contributed by atoms with Gasteiger partial charge in [0.1, 0.15) is 11.8 Å². The maximum absolute atomic E-state index is 12.0. The van der Waals surface area contributed by atoms with E-state index in [1.165, 1.54) is 16.0 Å². The summed E-state index contributed by atoms with van der Waals surface area (Å²) in [5.74, 6) is -0.213. The molecule has 102 valence electrons. The van der Waals surface area contributed by atoms with Crippen molar-refractivity contribution in [1.82, 2.24) is 10.3 Å². The summed E-state index contributed by atoms with van der Waals surface area (Å²) in [6.45, 7) is 4.04. The summed E-state index contributed by atoms with van der Waals surface area (Å²) < 4.78 is 0. The van der Waals surface area contributed by atoms with Crippen molar-refractivity contribution < 1.29 is 4.79 Å². The van der Waals surface area contributed by atoms with Crippen LogP contribution in [-0.4, -0.2) is 16.9 Å². The molecule has 0 saturated heterocycles. The van der Waals surface area contributed by atoms with Crippen LogP contribution in [0, 0.1) is 18.3 Å². The van der Waals surface area contributed by atoms with Crippen molar-refractivity contribution in [2.24, 2.45) is 0 Å². The lowest BCUT2D eigenvalue weighted by Crippen LogP contribution is -2.34. The summed E-state index contributed by atoms with van der Waals surface area (Å²) in [5, 5.41) is 11.6. The summed E-state index contributed by atoms with van der Waals surface area (Å²) in [6, 6.07) is 9.34. The molecule has 5 heteroatoms. The first-order valence-corrected chi connectivity index (χ1v) is 7.12. The minimum atomic E-state index is -0.213. The van der Waals surface area contributed by atoms with Gasteiger partial charge in [-0.15, -0.1) is 11.3 Å². The fourth-order valence-electron chi connectivity index (χ4n) is 1.84. The van der Waals surface area contributed by atoms with Crippen LogP contribution in [0.4, 0.5) is 0 Å². The van der Waals surface area contributed by atoms with Gasteiger partial charge in [-0.2, -0.15) is 5.26 Å². The Morgan fingerprint density at radius 1 is 1.45 bits per heavy atom. The van der Waals surface area contributed by atoms with Gasteiger partial charge in [-0.3, -0.25) is 4.79 Å². The maximum atomic E-state index is 12.0. The molecule has 4 nitrogen and oxygen atoms in total. The Balaban J connectivity index is 1.94. The standard InChI is InChI=1S/C15H15N3OS/c1-10(7-13-5-3-11(2)20-13)18-15(19)14-6-4-12(8-16)9-17-14/h3-6,9-10H,7H2,1-2H3,(H,18,19). The van der Waals surface area contributed by atoms with Gasteiger partial charge in [-0.05, 0) is 38.1 Å². The average Bonchev–Trinajstić information content (AvgIpc) is 2.84. The minimum Gasteiger partial charge on any atom is -0.348 e. The van der Waals surface area contributed by atoms with Crippen LogP contribution in [0.5, 0.6) is 0 Å². The zero-order chi connectivity index (χ0) is 14.5. The third-order valence-corrected chi connectivity index (χ3v) is 3.83. The van der Waals surface area contributed by atoms with Gasteiger partial charge in [0.25, 0.3) is 5.91 Å². The lowest BCUT2D eigenvalue weighted by atomic mass is 10.2. The monoisotopic (exact) mass is 285 g/mol. The van der Waals surface area contributed by atoms with Gasteiger partial charge in [-0.1, -0.05) is 0 Å². The van der Waals surface area contributed by atoms with E-state index in [0.717, 1.165) is 6.42 Å². The summed E-state index contributed by atoms with van der Waals surface area (Å²) in [6.07, 6.45) is 2.21. The van der Waals surface area contributed by atoms with Crippen molar-refractivity contribution in [3.8, 4) is 6.07 Å². The molecule has 0 radical (unpaired) electrons. The highest BCUT2D eigenvalue weighted by molar-refractivity contribution is 7.11. The van der Waals surface area contributed by atoms with Crippen LogP contribution < -0.4 is 5.32 Å². The number of carbonyl (C=O) groups is 1. The average molecular weight is 285 g/mol. The molecule has 0 aliphatic carbocycles. The van der Waals surface area contributed by atoms with E-state index >= 15 is 0 Å². The van der Waals surface area contributed by atoms with Gasteiger partial charge in [0, 0.05) is 28.4 Å². The highest BCUT2D eigenvalue weighted by atomic mass is 32.1. The Bertz CT molecular complexity index is 640. The highest BCUT2D eigenvalue weighted by Gasteiger charge is 2.12. The quantitative estimate of drug-likeness (QED) is 0.939. The van der Waals surface area contributed by atoms with Crippen LogP contribution in [0.2, 0.25) is 0 Å². The van der Waals surface area contributed by atoms with Crippen molar-refractivity contribution in [1.29, 1.82) is 5.26 Å². The molecule has 1 amide bonds. The zero-order valence-corrected chi connectivity index (χ0v) is 12.2. The third-order valence-electron chi connectivity index (χ3n) is 2.81. The molecule has 2 rings (SSSR count). The van der Waals surface area contributed by atoms with Crippen molar-refractivity contribution in [3.05, 3.63) is 51.5 Å². The molecule has 1 N–H and O–H groups in total. The van der Waals surface area contributed by atoms with Gasteiger partial charge < -0.3 is 5.32 Å². The Morgan fingerprint density at radius 2 is 2.25 bits per heavy atom. The Labute approximate surface area is 122 Å². The number of nitriles is 1. The van der Waals surface area contributed by atoms with Crippen LogP contribution in [0.15, 0.2) is 30.5 Å². The number of nitrogens with one attached hydrogen (secondary N) is 1. The first-order chi connectivity index (χ1) is 9.58. The van der Waals surface area contributed by atoms with E-state index in [1.54, 1.807) is 23.5 Å². The van der Waals surface area contributed by atoms with Crippen LogP contribution >= 0.6 is 11.3 Å². The predicted molar refractivity (Wildman–Crippen MR) is 78.6 cm³/mol. The Kier molecular flexibility index (Phi) is 4.49. The summed E-state index contributed by atoms with van der Waals surface area (Å²) in [7, 11) is 0. The van der Waals surface area contributed by atoms with Crippen LogP contribution in [0.25, 0.3) is 0 Å². The van der Waals surface area contributed by atoms with Crippen LogP contribution in [0.1, 0.15) is 32.7 Å². The molecule has 1 atom stereocenters. The number of thiophene rings is 1. The molecule has 0 spiro atoms. The van der Waals surface area contributed by atoms with Gasteiger partial charge in [0.2, 0.25) is 0 Å². The number of carbonyl (C=O) groups excluding carboxylic acids is 1. The molecule has 0 fully saturated rings. The second kappa shape index (κ2) is 6.31. The van der Waals surface area contributed by atoms with E-state index < -0.39 is 0 Å². The number of rotatable bonds is 4. The molecule has 20 heavy (non-hydrogen) atoms. The molecular formula is C15H15N3OS. The number of pyridine rings is 1. The van der Waals surface area contributed by atoms with Gasteiger partial charge in [0.15, 0.2) is 0 Å². The first-order valence-electron chi connectivity index (χ1n) is 6.31. The maximum Gasteiger partial charge on any atom is 0.270 e. The van der Waals surface area contributed by atoms with Crippen LogP contribution in [-0.2, 0) is 6.42 Å². The highest BCUT2D eigenvalue weighted by Crippen LogP contribution is 2.16. The van der Waals surface area contributed by atoms with Gasteiger partial charge in [0.05, 0.1) is 5.56 Å². The van der Waals surface area contributed by atoms with E-state index in [9.17, 15) is 4.79 Å². The van der Waals surface area contributed by atoms with E-state index in [0.29, 0.717) is 11.3 Å². The molecule has 0 bridgehead atoms. The molecular weight excluding hydrogens is 270 g/mol. The van der Waals surface area contributed by atoms with E-state index in [2.05, 4.69) is 29.4 Å². The summed E-state index contributed by atoms with van der Waals surface area (Å²) >= 11 is 1.74. The lowest BCUT2D eigenvalue weighted by molar-refractivity contribution is 0.0935. The van der Waals surface area contributed by atoms with Gasteiger partial charge >= 0.3 is 0 Å². The third kappa shape index (κ3) is 3.65. The summed E-state index contributed by atoms with van der Waals surface area (Å²) in [5.41, 5.74) is 0.780. The molecule has 2 aromatic heterocycles. The molecule has 0 aromatic carbocycles. The lowest BCUT2D eigenvalue weighted by Gasteiger charge is -2.12. The predicted octanol–water partition coefficient (Wildman–Crippen LogP) is 2.68. The van der Waals surface area contributed by atoms with E-state index in [1.807, 2.05) is 13.0 Å². The molecule has 0 saturated carbocycles. The number of aromatic nitrogens is 1. The number of nitrogens with zero attached hydrogens (tertiary/aromatic N) is 2. The Hall–Kier alpha value is -2.19. The first kappa shape index (κ1) is 14.2. The second-order valence-electron chi connectivity index (χ2n) is 4.63. The molecule has 2 heterocycles. The summed E-state index contributed by atoms with van der Waals surface area (Å²) in [4.78, 5) is 18.5. The van der Waals surface area contributed by atoms with Crippen molar-refractivity contribution in [2.45, 2.75) is 26.3 Å². The van der Waals surface area contributed by atoms with Crippen molar-refractivity contribution in [2.75, 3.05) is 0 Å². The van der Waals surface area contributed by atoms with E-state index in [-0.39, 0.29) is 11.9 Å². The fraction of sp³-hybridized carbons (Fsp3) is 0.267. The van der Waals surface area contributed by atoms with Crippen molar-refractivity contribution >= 4 is 17.2 Å². The Morgan fingerprint density at radius 3 is 2.80 bits per heavy atom. The number of amides is 1. The van der Waals surface area contributed by atoms with E-state index in [4.69, 9.17) is 5.26 Å². The number of aryl methyl sites for hydroxylation is 1. The minimum absolute atomic E-state index is 0.0398. The fourth-order valence-corrected chi connectivity index (χ4v) is 2.86. The topological polar surface area (TPSA) is 65.8 Å². The number of hydrogen-bond donors (Lipinski definition) is 1. The number of hydrogen-bond acceptors (Lipinski definition) is 4. The smallest absolute Gasteiger partial charge is 0.270 e. The molecule has 1 unspecified atom stereocenters.